The summed E-state index contributed by atoms with van der Waals surface area (Å²) in [5.74, 6) is -0.658. The molecule has 0 fully saturated rings. The molecule has 0 spiro atoms. The largest absolute Gasteiger partial charge is 0.351 e. The van der Waals surface area contributed by atoms with Gasteiger partial charge in [0.15, 0.2) is 0 Å². The van der Waals surface area contributed by atoms with E-state index in [2.05, 4.69) is 10.4 Å². The van der Waals surface area contributed by atoms with Crippen LogP contribution in [0.15, 0.2) is 30.3 Å². The molecule has 0 aliphatic carbocycles. The Morgan fingerprint density at radius 2 is 1.76 bits per heavy atom. The average Bonchev–Trinajstić information content (AvgIpc) is 3.06. The van der Waals surface area contributed by atoms with Crippen molar-refractivity contribution in [2.45, 2.75) is 19.8 Å². The van der Waals surface area contributed by atoms with Crippen LogP contribution in [0.5, 0.6) is 0 Å². The van der Waals surface area contributed by atoms with Crippen LogP contribution in [-0.2, 0) is 7.05 Å². The van der Waals surface area contributed by atoms with Gasteiger partial charge in [0.1, 0.15) is 5.69 Å². The maximum absolute atomic E-state index is 12.2. The monoisotopic (exact) mass is 340 g/mol. The van der Waals surface area contributed by atoms with Crippen LogP contribution in [0.25, 0.3) is 0 Å². The van der Waals surface area contributed by atoms with Gasteiger partial charge in [0.25, 0.3) is 17.7 Å². The molecule has 1 aromatic heterocycles. The van der Waals surface area contributed by atoms with Crippen LogP contribution in [-0.4, -0.2) is 45.5 Å². The minimum absolute atomic E-state index is 0.177. The van der Waals surface area contributed by atoms with Crippen molar-refractivity contribution in [1.29, 1.82) is 0 Å². The summed E-state index contributed by atoms with van der Waals surface area (Å²) in [5.41, 5.74) is 2.23. The van der Waals surface area contributed by atoms with Gasteiger partial charge in [0, 0.05) is 20.1 Å². The van der Waals surface area contributed by atoms with Crippen molar-refractivity contribution in [3.8, 4) is 0 Å². The topological polar surface area (TPSA) is 84.3 Å². The van der Waals surface area contributed by atoms with E-state index in [1.165, 1.54) is 4.90 Å². The number of unbranched alkanes of at least 4 members (excludes halogenated alkanes) is 1. The lowest BCUT2D eigenvalue weighted by Gasteiger charge is -2.13. The predicted octanol–water partition coefficient (Wildman–Crippen LogP) is 1.53. The Hall–Kier alpha value is -2.96. The van der Waals surface area contributed by atoms with Crippen molar-refractivity contribution in [3.05, 3.63) is 52.8 Å². The maximum Gasteiger partial charge on any atom is 0.269 e. The van der Waals surface area contributed by atoms with E-state index in [-0.39, 0.29) is 17.7 Å². The molecule has 0 unspecified atom stereocenters. The molecular formula is C18H20N4O3. The minimum atomic E-state index is -0.241. The zero-order valence-electron chi connectivity index (χ0n) is 14.3. The first-order valence-corrected chi connectivity index (χ1v) is 8.23. The molecule has 3 amide bonds. The molecule has 7 nitrogen and oxygen atoms in total. The number of imide groups is 1. The Morgan fingerprint density at radius 3 is 2.32 bits per heavy atom. The molecule has 1 aromatic carbocycles. The van der Waals surface area contributed by atoms with Gasteiger partial charge in [-0.15, -0.1) is 0 Å². The molecular weight excluding hydrogens is 320 g/mol. The summed E-state index contributed by atoms with van der Waals surface area (Å²) in [5, 5.41) is 6.97. The first-order chi connectivity index (χ1) is 12.0. The van der Waals surface area contributed by atoms with E-state index in [0.717, 1.165) is 5.69 Å². The number of hydrogen-bond donors (Lipinski definition) is 1. The van der Waals surface area contributed by atoms with Gasteiger partial charge in [-0.1, -0.05) is 12.1 Å². The number of fused-ring (bicyclic) bond motifs is 1. The Labute approximate surface area is 145 Å². The second-order valence-corrected chi connectivity index (χ2v) is 6.07. The third-order valence-electron chi connectivity index (χ3n) is 4.21. The minimum Gasteiger partial charge on any atom is -0.351 e. The number of nitrogens with zero attached hydrogens (tertiary/aromatic N) is 3. The van der Waals surface area contributed by atoms with E-state index in [1.807, 2.05) is 6.92 Å². The van der Waals surface area contributed by atoms with Crippen LogP contribution in [0.1, 0.15) is 49.7 Å². The Balaban J connectivity index is 1.45. The normalized spacial score (nSPS) is 13.3. The van der Waals surface area contributed by atoms with Crippen LogP contribution in [0.4, 0.5) is 0 Å². The first-order valence-electron chi connectivity index (χ1n) is 8.23. The van der Waals surface area contributed by atoms with Crippen LogP contribution < -0.4 is 5.32 Å². The number of carbonyl (C=O) groups is 3. The fourth-order valence-corrected chi connectivity index (χ4v) is 2.95. The van der Waals surface area contributed by atoms with Gasteiger partial charge in [0.05, 0.1) is 16.8 Å². The lowest BCUT2D eigenvalue weighted by molar-refractivity contribution is 0.0650. The number of hydrogen-bond acceptors (Lipinski definition) is 4. The summed E-state index contributed by atoms with van der Waals surface area (Å²) in [4.78, 5) is 37.8. The summed E-state index contributed by atoms with van der Waals surface area (Å²) < 4.78 is 1.55. The average molecular weight is 340 g/mol. The van der Waals surface area contributed by atoms with Gasteiger partial charge >= 0.3 is 0 Å². The molecule has 7 heteroatoms. The van der Waals surface area contributed by atoms with Crippen molar-refractivity contribution < 1.29 is 14.4 Å². The first kappa shape index (κ1) is 16.9. The van der Waals surface area contributed by atoms with E-state index in [9.17, 15) is 14.4 Å². The molecule has 25 heavy (non-hydrogen) atoms. The van der Waals surface area contributed by atoms with Gasteiger partial charge in [-0.2, -0.15) is 5.10 Å². The van der Waals surface area contributed by atoms with Gasteiger partial charge in [-0.3, -0.25) is 24.0 Å². The van der Waals surface area contributed by atoms with Crippen molar-refractivity contribution in [2.24, 2.45) is 7.05 Å². The molecule has 1 aliphatic heterocycles. The number of amides is 3. The van der Waals surface area contributed by atoms with Crippen LogP contribution in [0.3, 0.4) is 0 Å². The predicted molar refractivity (Wildman–Crippen MR) is 91.3 cm³/mol. The second-order valence-electron chi connectivity index (χ2n) is 6.07. The number of carbonyl (C=O) groups excluding carboxylic acids is 3. The van der Waals surface area contributed by atoms with E-state index in [4.69, 9.17) is 0 Å². The molecule has 0 bridgehead atoms. The molecule has 0 radical (unpaired) electrons. The maximum atomic E-state index is 12.2. The second kappa shape index (κ2) is 6.88. The highest BCUT2D eigenvalue weighted by Crippen LogP contribution is 2.22. The number of aromatic nitrogens is 2. The van der Waals surface area contributed by atoms with E-state index in [1.54, 1.807) is 42.1 Å². The molecule has 1 N–H and O–H groups in total. The molecule has 0 atom stereocenters. The third kappa shape index (κ3) is 3.31. The highest BCUT2D eigenvalue weighted by molar-refractivity contribution is 6.21. The third-order valence-corrected chi connectivity index (χ3v) is 4.21. The summed E-state index contributed by atoms with van der Waals surface area (Å²) >= 11 is 0. The van der Waals surface area contributed by atoms with Crippen molar-refractivity contribution in [2.75, 3.05) is 13.1 Å². The van der Waals surface area contributed by atoms with E-state index in [0.29, 0.717) is 42.8 Å². The molecule has 2 aromatic rings. The SMILES string of the molecule is Cc1cc(C(=O)NCCCCN2C(=O)c3ccccc3C2=O)n(C)n1. The van der Waals surface area contributed by atoms with Gasteiger partial charge in [0.2, 0.25) is 0 Å². The molecule has 1 aliphatic rings. The van der Waals surface area contributed by atoms with Gasteiger partial charge < -0.3 is 5.32 Å². The zero-order valence-corrected chi connectivity index (χ0v) is 14.3. The molecule has 130 valence electrons. The zero-order chi connectivity index (χ0) is 18.0. The van der Waals surface area contributed by atoms with Crippen molar-refractivity contribution >= 4 is 17.7 Å². The number of rotatable bonds is 6. The number of benzene rings is 1. The summed E-state index contributed by atoms with van der Waals surface area (Å²) in [6.45, 7) is 2.66. The van der Waals surface area contributed by atoms with E-state index < -0.39 is 0 Å². The fraction of sp³-hybridized carbons (Fsp3) is 0.333. The van der Waals surface area contributed by atoms with Crippen LogP contribution in [0.2, 0.25) is 0 Å². The van der Waals surface area contributed by atoms with Crippen molar-refractivity contribution in [1.82, 2.24) is 20.0 Å². The summed E-state index contributed by atoms with van der Waals surface area (Å²) in [6.07, 6.45) is 1.31. The summed E-state index contributed by atoms with van der Waals surface area (Å²) in [7, 11) is 1.73. The number of aryl methyl sites for hydroxylation is 2. The highest BCUT2D eigenvalue weighted by atomic mass is 16.2. The van der Waals surface area contributed by atoms with E-state index >= 15 is 0 Å². The van der Waals surface area contributed by atoms with Crippen LogP contribution >= 0.6 is 0 Å². The Morgan fingerprint density at radius 1 is 1.12 bits per heavy atom. The molecule has 0 saturated carbocycles. The Kier molecular flexibility index (Phi) is 4.65. The number of nitrogens with one attached hydrogen (secondary N) is 1. The van der Waals surface area contributed by atoms with Gasteiger partial charge in [-0.05, 0) is 38.0 Å². The highest BCUT2D eigenvalue weighted by Gasteiger charge is 2.34. The van der Waals surface area contributed by atoms with Crippen molar-refractivity contribution in [3.63, 3.8) is 0 Å². The lowest BCUT2D eigenvalue weighted by Crippen LogP contribution is -2.32. The standard InChI is InChI=1S/C18H20N4O3/c1-12-11-15(21(2)20-12)16(23)19-9-5-6-10-22-17(24)13-7-3-4-8-14(13)18(22)25/h3-4,7-8,11H,5-6,9-10H2,1-2H3,(H,19,23). The van der Waals surface area contributed by atoms with Gasteiger partial charge in [-0.25, -0.2) is 0 Å². The quantitative estimate of drug-likeness (QED) is 0.638. The Bertz CT molecular complexity index is 806. The fourth-order valence-electron chi connectivity index (χ4n) is 2.95. The van der Waals surface area contributed by atoms with Crippen LogP contribution in [0, 0.1) is 6.92 Å². The lowest BCUT2D eigenvalue weighted by atomic mass is 10.1. The molecule has 0 saturated heterocycles. The molecule has 2 heterocycles. The smallest absolute Gasteiger partial charge is 0.269 e. The summed E-state index contributed by atoms with van der Waals surface area (Å²) in [6, 6.07) is 8.58. The molecule has 3 rings (SSSR count).